The Labute approximate surface area is 185 Å². The summed E-state index contributed by atoms with van der Waals surface area (Å²) in [6.45, 7) is 5.97. The smallest absolute Gasteiger partial charge is 0.269 e. The monoisotopic (exact) mass is 440 g/mol. The molecule has 0 aromatic carbocycles. The zero-order chi connectivity index (χ0) is 22.0. The number of carbonyl (C=O) groups excluding carboxylic acids is 1. The minimum absolute atomic E-state index is 0.0336. The van der Waals surface area contributed by atoms with E-state index in [2.05, 4.69) is 30.1 Å². The number of rotatable bonds is 5. The Hall–Kier alpha value is -2.97. The molecule has 1 fully saturated rings. The van der Waals surface area contributed by atoms with Crippen LogP contribution in [0.4, 0.5) is 5.69 Å². The topological polar surface area (TPSA) is 94.2 Å². The number of piperazine rings is 1. The third-order valence-corrected chi connectivity index (χ3v) is 5.91. The second kappa shape index (κ2) is 9.03. The number of anilines is 1. The number of H-pyrrole nitrogens is 1. The molecular formula is C22H25ClN6O2. The Morgan fingerprint density at radius 1 is 1.23 bits per heavy atom. The Kier molecular flexibility index (Phi) is 6.20. The van der Waals surface area contributed by atoms with E-state index in [1.807, 2.05) is 31.3 Å². The van der Waals surface area contributed by atoms with Gasteiger partial charge in [-0.3, -0.25) is 19.5 Å². The highest BCUT2D eigenvalue weighted by atomic mass is 35.5. The Bertz CT molecular complexity index is 1170. The second-order valence-corrected chi connectivity index (χ2v) is 7.95. The SMILES string of the molecule is CCc1cc2cnc(CN3CCN(c4ccc(C(=O)NC)nc4Cl)CC3)cc2[nH]c1=O. The molecule has 0 bridgehead atoms. The molecular weight excluding hydrogens is 416 g/mol. The zero-order valence-electron chi connectivity index (χ0n) is 17.6. The molecule has 0 radical (unpaired) electrons. The van der Waals surface area contributed by atoms with Gasteiger partial charge in [0.1, 0.15) is 5.69 Å². The van der Waals surface area contributed by atoms with Crippen molar-refractivity contribution in [1.29, 1.82) is 0 Å². The molecule has 4 heterocycles. The van der Waals surface area contributed by atoms with Crippen molar-refractivity contribution in [2.45, 2.75) is 19.9 Å². The lowest BCUT2D eigenvalue weighted by molar-refractivity contribution is 0.0958. The average molecular weight is 441 g/mol. The number of nitrogens with zero attached hydrogens (tertiary/aromatic N) is 4. The van der Waals surface area contributed by atoms with E-state index in [0.29, 0.717) is 23.8 Å². The number of aromatic amines is 1. The lowest BCUT2D eigenvalue weighted by Gasteiger charge is -2.36. The van der Waals surface area contributed by atoms with Crippen molar-refractivity contribution >= 4 is 34.1 Å². The van der Waals surface area contributed by atoms with Crippen molar-refractivity contribution in [2.24, 2.45) is 0 Å². The summed E-state index contributed by atoms with van der Waals surface area (Å²) in [6.07, 6.45) is 2.53. The van der Waals surface area contributed by atoms with E-state index in [4.69, 9.17) is 11.6 Å². The molecule has 8 nitrogen and oxygen atoms in total. The highest BCUT2D eigenvalue weighted by molar-refractivity contribution is 6.32. The van der Waals surface area contributed by atoms with E-state index < -0.39 is 0 Å². The minimum Gasteiger partial charge on any atom is -0.366 e. The van der Waals surface area contributed by atoms with E-state index in [1.54, 1.807) is 13.1 Å². The molecule has 1 saturated heterocycles. The van der Waals surface area contributed by atoms with Crippen LogP contribution < -0.4 is 15.8 Å². The molecule has 162 valence electrons. The number of pyridine rings is 3. The van der Waals surface area contributed by atoms with E-state index in [9.17, 15) is 9.59 Å². The Morgan fingerprint density at radius 3 is 2.68 bits per heavy atom. The number of nitrogens with one attached hydrogen (secondary N) is 2. The van der Waals surface area contributed by atoms with Crippen molar-refractivity contribution in [1.82, 2.24) is 25.2 Å². The van der Waals surface area contributed by atoms with Crippen LogP contribution in [-0.2, 0) is 13.0 Å². The maximum atomic E-state index is 12.1. The minimum atomic E-state index is -0.256. The van der Waals surface area contributed by atoms with Gasteiger partial charge in [0.05, 0.1) is 16.9 Å². The highest BCUT2D eigenvalue weighted by Gasteiger charge is 2.21. The molecule has 1 aliphatic rings. The molecule has 0 spiro atoms. The van der Waals surface area contributed by atoms with Gasteiger partial charge >= 0.3 is 0 Å². The number of fused-ring (bicyclic) bond motifs is 1. The van der Waals surface area contributed by atoms with Crippen molar-refractivity contribution in [2.75, 3.05) is 38.1 Å². The van der Waals surface area contributed by atoms with Gasteiger partial charge in [0.15, 0.2) is 5.15 Å². The largest absolute Gasteiger partial charge is 0.366 e. The molecule has 0 atom stereocenters. The third-order valence-electron chi connectivity index (χ3n) is 5.63. The molecule has 3 aromatic rings. The van der Waals surface area contributed by atoms with Crippen LogP contribution in [0, 0.1) is 0 Å². The van der Waals surface area contributed by atoms with Gasteiger partial charge in [-0.05, 0) is 30.7 Å². The molecule has 2 N–H and O–H groups in total. The van der Waals surface area contributed by atoms with Gasteiger partial charge in [0, 0.05) is 56.9 Å². The van der Waals surface area contributed by atoms with E-state index in [-0.39, 0.29) is 11.5 Å². The van der Waals surface area contributed by atoms with E-state index in [1.165, 1.54) is 0 Å². The predicted octanol–water partition coefficient (Wildman–Crippen LogP) is 2.22. The maximum absolute atomic E-state index is 12.1. The third kappa shape index (κ3) is 4.55. The molecule has 1 aliphatic heterocycles. The van der Waals surface area contributed by atoms with Crippen LogP contribution in [0.1, 0.15) is 28.7 Å². The average Bonchev–Trinajstić information content (AvgIpc) is 2.78. The van der Waals surface area contributed by atoms with Crippen LogP contribution in [0.25, 0.3) is 10.9 Å². The molecule has 1 amide bonds. The first-order valence-electron chi connectivity index (χ1n) is 10.3. The number of hydrogen-bond acceptors (Lipinski definition) is 6. The maximum Gasteiger partial charge on any atom is 0.269 e. The summed E-state index contributed by atoms with van der Waals surface area (Å²) in [5.74, 6) is -0.256. The van der Waals surface area contributed by atoms with Gasteiger partial charge in [0.2, 0.25) is 0 Å². The first-order valence-corrected chi connectivity index (χ1v) is 10.7. The lowest BCUT2D eigenvalue weighted by atomic mass is 10.1. The summed E-state index contributed by atoms with van der Waals surface area (Å²) in [5, 5.41) is 3.84. The molecule has 0 aliphatic carbocycles. The molecule has 31 heavy (non-hydrogen) atoms. The number of aromatic nitrogens is 3. The van der Waals surface area contributed by atoms with Gasteiger partial charge < -0.3 is 15.2 Å². The van der Waals surface area contributed by atoms with Crippen molar-refractivity contribution in [3.05, 3.63) is 62.9 Å². The van der Waals surface area contributed by atoms with Gasteiger partial charge in [0.25, 0.3) is 11.5 Å². The molecule has 3 aromatic heterocycles. The standard InChI is InChI=1S/C22H25ClN6O2/c1-3-14-10-15-12-25-16(11-18(15)27-21(14)30)13-28-6-8-29(9-7-28)19-5-4-17(22(31)24-2)26-20(19)23/h4-5,10-12H,3,6-9,13H2,1-2H3,(H,24,31)(H,27,30). The summed E-state index contributed by atoms with van der Waals surface area (Å²) in [4.78, 5) is 40.1. The lowest BCUT2D eigenvalue weighted by Crippen LogP contribution is -2.46. The summed E-state index contributed by atoms with van der Waals surface area (Å²) in [5.41, 5.74) is 3.63. The van der Waals surface area contributed by atoms with Crippen LogP contribution in [0.3, 0.4) is 0 Å². The number of carbonyl (C=O) groups is 1. The second-order valence-electron chi connectivity index (χ2n) is 7.59. The van der Waals surface area contributed by atoms with Crippen LogP contribution in [0.15, 0.2) is 35.3 Å². The van der Waals surface area contributed by atoms with Gasteiger partial charge in [-0.2, -0.15) is 0 Å². The van der Waals surface area contributed by atoms with Gasteiger partial charge in [-0.25, -0.2) is 4.98 Å². The zero-order valence-corrected chi connectivity index (χ0v) is 18.4. The Morgan fingerprint density at radius 2 is 2.00 bits per heavy atom. The summed E-state index contributed by atoms with van der Waals surface area (Å²) in [7, 11) is 1.57. The Balaban J connectivity index is 1.41. The van der Waals surface area contributed by atoms with Crippen LogP contribution >= 0.6 is 11.6 Å². The number of amides is 1. The van der Waals surface area contributed by atoms with E-state index in [0.717, 1.165) is 54.0 Å². The normalized spacial score (nSPS) is 14.7. The molecule has 0 unspecified atom stereocenters. The predicted molar refractivity (Wildman–Crippen MR) is 122 cm³/mol. The van der Waals surface area contributed by atoms with Crippen molar-refractivity contribution in [3.63, 3.8) is 0 Å². The fourth-order valence-corrected chi connectivity index (χ4v) is 4.10. The number of aryl methyl sites for hydroxylation is 1. The van der Waals surface area contributed by atoms with Crippen LogP contribution in [0.2, 0.25) is 5.15 Å². The first kappa shape index (κ1) is 21.3. The number of hydrogen-bond donors (Lipinski definition) is 2. The molecule has 9 heteroatoms. The fourth-order valence-electron chi connectivity index (χ4n) is 3.83. The summed E-state index contributed by atoms with van der Waals surface area (Å²) >= 11 is 6.33. The first-order chi connectivity index (χ1) is 15.0. The molecule has 0 saturated carbocycles. The van der Waals surface area contributed by atoms with Crippen molar-refractivity contribution in [3.8, 4) is 0 Å². The fraction of sp³-hybridized carbons (Fsp3) is 0.364. The quantitative estimate of drug-likeness (QED) is 0.591. The highest BCUT2D eigenvalue weighted by Crippen LogP contribution is 2.25. The van der Waals surface area contributed by atoms with E-state index >= 15 is 0 Å². The van der Waals surface area contributed by atoms with Gasteiger partial charge in [-0.15, -0.1) is 0 Å². The van der Waals surface area contributed by atoms with Gasteiger partial charge in [-0.1, -0.05) is 18.5 Å². The van der Waals surface area contributed by atoms with Crippen LogP contribution in [0.5, 0.6) is 0 Å². The summed E-state index contributed by atoms with van der Waals surface area (Å²) in [6, 6.07) is 7.41. The summed E-state index contributed by atoms with van der Waals surface area (Å²) < 4.78 is 0. The van der Waals surface area contributed by atoms with Crippen LogP contribution in [-0.4, -0.2) is 59.0 Å². The van der Waals surface area contributed by atoms with Crippen molar-refractivity contribution < 1.29 is 4.79 Å². The molecule has 4 rings (SSSR count). The number of halogens is 1.